The maximum absolute atomic E-state index is 14.2. The molecular formula is C23H22Cl2FNO4. The fourth-order valence-corrected chi connectivity index (χ4v) is 4.20. The summed E-state index contributed by atoms with van der Waals surface area (Å²) in [5, 5.41) is 20.7. The molecule has 0 spiro atoms. The average Bonchev–Trinajstić information content (AvgIpc) is 2.98. The van der Waals surface area contributed by atoms with Gasteiger partial charge in [-0.3, -0.25) is 14.2 Å². The van der Waals surface area contributed by atoms with Crippen molar-refractivity contribution < 1.29 is 24.2 Å². The third-order valence-electron chi connectivity index (χ3n) is 5.43. The van der Waals surface area contributed by atoms with E-state index in [4.69, 9.17) is 23.2 Å². The van der Waals surface area contributed by atoms with Crippen LogP contribution in [0.15, 0.2) is 30.3 Å². The average molecular weight is 466 g/mol. The number of nitrogens with zero attached hydrogens (tertiary/aromatic N) is 1. The highest BCUT2D eigenvalue weighted by Gasteiger charge is 2.30. The molecule has 0 aliphatic carbocycles. The number of aromatic nitrogens is 1. The number of phenols is 1. The van der Waals surface area contributed by atoms with E-state index in [1.54, 1.807) is 6.92 Å². The predicted molar refractivity (Wildman–Crippen MR) is 119 cm³/mol. The van der Waals surface area contributed by atoms with Crippen molar-refractivity contribution in [2.45, 2.75) is 45.4 Å². The quantitative estimate of drug-likeness (QED) is 0.388. The molecule has 0 fully saturated rings. The predicted octanol–water partition coefficient (Wildman–Crippen LogP) is 6.54. The number of halogens is 3. The van der Waals surface area contributed by atoms with Gasteiger partial charge in [0.05, 0.1) is 21.5 Å². The summed E-state index contributed by atoms with van der Waals surface area (Å²) in [6.07, 6.45) is 2.84. The van der Waals surface area contributed by atoms with Gasteiger partial charge >= 0.3 is 5.97 Å². The highest BCUT2D eigenvalue weighted by atomic mass is 35.5. The van der Waals surface area contributed by atoms with Crippen molar-refractivity contribution in [1.29, 1.82) is 0 Å². The van der Waals surface area contributed by atoms with E-state index in [-0.39, 0.29) is 21.1 Å². The Labute approximate surface area is 189 Å². The largest absolute Gasteiger partial charge is 0.505 e. The fraction of sp³-hybridized carbons (Fsp3) is 0.304. The lowest BCUT2D eigenvalue weighted by molar-refractivity contribution is -0.139. The summed E-state index contributed by atoms with van der Waals surface area (Å²) in [5.41, 5.74) is 1.16. The lowest BCUT2D eigenvalue weighted by Gasteiger charge is -2.14. The van der Waals surface area contributed by atoms with Gasteiger partial charge in [0.15, 0.2) is 11.6 Å². The first-order valence-electron chi connectivity index (χ1n) is 9.93. The van der Waals surface area contributed by atoms with E-state index in [2.05, 4.69) is 0 Å². The van der Waals surface area contributed by atoms with Crippen LogP contribution in [0.5, 0.6) is 5.75 Å². The standard InChI is InChI=1S/C23H22Cl2FNO4/c1-3-4-5-6-14(23(30)31)21-12(2)27(19-11-18(26)20(28)10-15(19)21)22(29)13-7-8-16(24)17(25)9-13/h7-11,14,28H,3-6H2,1-2H3,(H,30,31)/t14-/m0/s1. The molecule has 0 bridgehead atoms. The van der Waals surface area contributed by atoms with E-state index < -0.39 is 29.4 Å². The minimum absolute atomic E-state index is 0.181. The van der Waals surface area contributed by atoms with Crippen LogP contribution in [-0.2, 0) is 4.79 Å². The maximum Gasteiger partial charge on any atom is 0.311 e. The van der Waals surface area contributed by atoms with Crippen LogP contribution >= 0.6 is 23.2 Å². The molecule has 2 N–H and O–H groups in total. The van der Waals surface area contributed by atoms with Gasteiger partial charge < -0.3 is 10.2 Å². The van der Waals surface area contributed by atoms with Crippen molar-refractivity contribution in [3.8, 4) is 5.75 Å². The van der Waals surface area contributed by atoms with Gasteiger partial charge in [0, 0.05) is 22.7 Å². The molecule has 1 atom stereocenters. The number of hydrogen-bond donors (Lipinski definition) is 2. The summed E-state index contributed by atoms with van der Waals surface area (Å²) in [4.78, 5) is 25.4. The summed E-state index contributed by atoms with van der Waals surface area (Å²) in [5.74, 6) is -3.95. The zero-order valence-corrected chi connectivity index (χ0v) is 18.6. The smallest absolute Gasteiger partial charge is 0.311 e. The van der Waals surface area contributed by atoms with Gasteiger partial charge in [0.1, 0.15) is 0 Å². The van der Waals surface area contributed by atoms with E-state index in [0.717, 1.165) is 18.9 Å². The Kier molecular flexibility index (Phi) is 6.92. The van der Waals surface area contributed by atoms with Gasteiger partial charge in [0.2, 0.25) is 0 Å². The monoisotopic (exact) mass is 465 g/mol. The summed E-state index contributed by atoms with van der Waals surface area (Å²) < 4.78 is 15.5. The zero-order valence-electron chi connectivity index (χ0n) is 17.1. The number of carbonyl (C=O) groups is 2. The second kappa shape index (κ2) is 9.28. The normalized spacial score (nSPS) is 12.3. The molecule has 3 rings (SSSR count). The van der Waals surface area contributed by atoms with Crippen molar-refractivity contribution in [2.75, 3.05) is 0 Å². The second-order valence-corrected chi connectivity index (χ2v) is 8.29. The number of carboxylic acid groups (broad SMARTS) is 1. The number of unbranched alkanes of at least 4 members (excludes halogenated alkanes) is 2. The van der Waals surface area contributed by atoms with Crippen molar-refractivity contribution >= 4 is 46.0 Å². The first-order valence-corrected chi connectivity index (χ1v) is 10.7. The van der Waals surface area contributed by atoms with Crippen LogP contribution in [0.1, 0.15) is 60.1 Å². The van der Waals surface area contributed by atoms with Crippen LogP contribution in [0, 0.1) is 12.7 Å². The van der Waals surface area contributed by atoms with Gasteiger partial charge in [-0.2, -0.15) is 0 Å². The Hall–Kier alpha value is -2.57. The van der Waals surface area contributed by atoms with Gasteiger partial charge in [-0.15, -0.1) is 0 Å². The minimum Gasteiger partial charge on any atom is -0.505 e. The Bertz CT molecular complexity index is 1170. The third-order valence-corrected chi connectivity index (χ3v) is 6.17. The number of benzene rings is 2. The van der Waals surface area contributed by atoms with Crippen molar-refractivity contribution in [3.05, 3.63) is 63.0 Å². The van der Waals surface area contributed by atoms with Gasteiger partial charge in [-0.05, 0) is 43.2 Å². The lowest BCUT2D eigenvalue weighted by atomic mass is 9.91. The van der Waals surface area contributed by atoms with E-state index in [1.807, 2.05) is 6.92 Å². The second-order valence-electron chi connectivity index (χ2n) is 7.48. The summed E-state index contributed by atoms with van der Waals surface area (Å²) in [6, 6.07) is 6.61. The van der Waals surface area contributed by atoms with Crippen LogP contribution in [0.25, 0.3) is 10.9 Å². The molecule has 3 aromatic rings. The first-order chi connectivity index (χ1) is 14.7. The number of hydrogen-bond acceptors (Lipinski definition) is 3. The molecule has 0 radical (unpaired) electrons. The summed E-state index contributed by atoms with van der Waals surface area (Å²) in [7, 11) is 0. The molecule has 1 heterocycles. The van der Waals surface area contributed by atoms with E-state index in [0.29, 0.717) is 29.5 Å². The number of carboxylic acids is 1. The van der Waals surface area contributed by atoms with E-state index >= 15 is 0 Å². The Morgan fingerprint density at radius 1 is 1.13 bits per heavy atom. The number of aromatic hydroxyl groups is 1. The number of carbonyl (C=O) groups excluding carboxylic acids is 1. The number of fused-ring (bicyclic) bond motifs is 1. The summed E-state index contributed by atoms with van der Waals surface area (Å²) >= 11 is 12.0. The maximum atomic E-state index is 14.2. The van der Waals surface area contributed by atoms with Crippen LogP contribution in [0.4, 0.5) is 4.39 Å². The molecule has 31 heavy (non-hydrogen) atoms. The van der Waals surface area contributed by atoms with Crippen LogP contribution in [0.3, 0.4) is 0 Å². The first kappa shape index (κ1) is 23.1. The minimum atomic E-state index is -1.04. The molecule has 5 nitrogen and oxygen atoms in total. The van der Waals surface area contributed by atoms with Gasteiger partial charge in [-0.25, -0.2) is 4.39 Å². The number of rotatable bonds is 7. The highest BCUT2D eigenvalue weighted by molar-refractivity contribution is 6.42. The molecule has 0 aliphatic heterocycles. The molecule has 0 aliphatic rings. The molecule has 0 unspecified atom stereocenters. The highest BCUT2D eigenvalue weighted by Crippen LogP contribution is 2.38. The van der Waals surface area contributed by atoms with Crippen molar-refractivity contribution in [3.63, 3.8) is 0 Å². The molecule has 164 valence electrons. The zero-order chi connectivity index (χ0) is 22.9. The Morgan fingerprint density at radius 2 is 1.84 bits per heavy atom. The van der Waals surface area contributed by atoms with E-state index in [9.17, 15) is 24.2 Å². The van der Waals surface area contributed by atoms with Crippen molar-refractivity contribution in [1.82, 2.24) is 4.57 Å². The molecule has 0 saturated carbocycles. The molecule has 1 aromatic heterocycles. The van der Waals surface area contributed by atoms with Gasteiger partial charge in [0.25, 0.3) is 5.91 Å². The SMILES string of the molecule is CCCCC[C@H](C(=O)O)c1c(C)n(C(=O)c2ccc(Cl)c(Cl)c2)c2cc(F)c(O)cc12. The van der Waals surface area contributed by atoms with Crippen LogP contribution in [0.2, 0.25) is 10.0 Å². The topological polar surface area (TPSA) is 79.5 Å². The third kappa shape index (κ3) is 4.41. The molecular weight excluding hydrogens is 444 g/mol. The Morgan fingerprint density at radius 3 is 2.45 bits per heavy atom. The van der Waals surface area contributed by atoms with Crippen LogP contribution < -0.4 is 0 Å². The molecule has 2 aromatic carbocycles. The van der Waals surface area contributed by atoms with Crippen molar-refractivity contribution in [2.24, 2.45) is 0 Å². The fourth-order valence-electron chi connectivity index (χ4n) is 3.90. The molecule has 0 saturated heterocycles. The number of phenolic OH excluding ortho intramolecular Hbond substituents is 1. The lowest BCUT2D eigenvalue weighted by Crippen LogP contribution is -2.16. The Balaban J connectivity index is 2.25. The molecule has 8 heteroatoms. The molecule has 0 amide bonds. The summed E-state index contributed by atoms with van der Waals surface area (Å²) in [6.45, 7) is 3.64. The van der Waals surface area contributed by atoms with Crippen LogP contribution in [-0.4, -0.2) is 26.7 Å². The van der Waals surface area contributed by atoms with E-state index in [1.165, 1.54) is 28.8 Å². The van der Waals surface area contributed by atoms with Gasteiger partial charge in [-0.1, -0.05) is 49.4 Å². The number of aliphatic carboxylic acids is 1.